The van der Waals surface area contributed by atoms with E-state index >= 15 is 0 Å². The van der Waals surface area contributed by atoms with Crippen molar-refractivity contribution in [2.45, 2.75) is 0 Å². The third-order valence-electron chi connectivity index (χ3n) is 2.88. The van der Waals surface area contributed by atoms with E-state index in [0.29, 0.717) is 11.4 Å². The first-order valence-corrected chi connectivity index (χ1v) is 5.87. The second-order valence-electron chi connectivity index (χ2n) is 4.20. The summed E-state index contributed by atoms with van der Waals surface area (Å²) in [6.45, 7) is 0. The van der Waals surface area contributed by atoms with E-state index in [0.717, 1.165) is 11.3 Å². The number of H-pyrrole nitrogens is 1. The molecule has 4 nitrogen and oxygen atoms in total. The van der Waals surface area contributed by atoms with Crippen LogP contribution < -0.4 is 0 Å². The fourth-order valence-corrected chi connectivity index (χ4v) is 1.93. The van der Waals surface area contributed by atoms with Gasteiger partial charge >= 0.3 is 0 Å². The monoisotopic (exact) mass is 252 g/mol. The summed E-state index contributed by atoms with van der Waals surface area (Å²) in [4.78, 5) is 7.43. The van der Waals surface area contributed by atoms with Crippen molar-refractivity contribution in [3.05, 3.63) is 54.7 Å². The third kappa shape index (κ3) is 2.15. The van der Waals surface area contributed by atoms with E-state index in [1.165, 1.54) is 18.2 Å². The molecule has 94 valence electrons. The largest absolute Gasteiger partial charge is 0.508 e. The molecule has 0 aliphatic carbocycles. The number of nitrogens with one attached hydrogen (secondary N) is 1. The van der Waals surface area contributed by atoms with E-state index in [4.69, 9.17) is 0 Å². The highest BCUT2D eigenvalue weighted by Gasteiger charge is 2.10. The van der Waals surface area contributed by atoms with Gasteiger partial charge in [-0.3, -0.25) is 0 Å². The topological polar surface area (TPSA) is 69.1 Å². The van der Waals surface area contributed by atoms with Gasteiger partial charge in [-0.25, -0.2) is 4.98 Å². The maximum Gasteiger partial charge on any atom is 0.141 e. The van der Waals surface area contributed by atoms with Crippen molar-refractivity contribution in [1.82, 2.24) is 9.97 Å². The lowest BCUT2D eigenvalue weighted by atomic mass is 10.1. The molecule has 19 heavy (non-hydrogen) atoms. The Balaban J connectivity index is 2.04. The van der Waals surface area contributed by atoms with Crippen molar-refractivity contribution >= 4 is 0 Å². The van der Waals surface area contributed by atoms with Gasteiger partial charge in [-0.05, 0) is 18.2 Å². The van der Waals surface area contributed by atoms with Crippen molar-refractivity contribution in [2.24, 2.45) is 0 Å². The van der Waals surface area contributed by atoms with Crippen LogP contribution in [0.3, 0.4) is 0 Å². The Morgan fingerprint density at radius 1 is 0.947 bits per heavy atom. The smallest absolute Gasteiger partial charge is 0.141 e. The zero-order valence-electron chi connectivity index (χ0n) is 10.0. The van der Waals surface area contributed by atoms with Gasteiger partial charge in [0.25, 0.3) is 0 Å². The maximum atomic E-state index is 9.80. The average Bonchev–Trinajstić information content (AvgIpc) is 2.92. The fourth-order valence-electron chi connectivity index (χ4n) is 1.93. The fraction of sp³-hybridized carbons (Fsp3) is 0. The SMILES string of the molecule is Oc1ccc(O)c(-c2nc(-c3ccccc3)c[nH]2)c1. The first kappa shape index (κ1) is 11.3. The molecular formula is C15H12N2O2. The Morgan fingerprint density at radius 2 is 1.74 bits per heavy atom. The van der Waals surface area contributed by atoms with Gasteiger partial charge in [0.15, 0.2) is 0 Å². The zero-order valence-corrected chi connectivity index (χ0v) is 10.0. The molecule has 1 heterocycles. The van der Waals surface area contributed by atoms with Crippen LogP contribution >= 0.6 is 0 Å². The van der Waals surface area contributed by atoms with E-state index < -0.39 is 0 Å². The van der Waals surface area contributed by atoms with E-state index in [9.17, 15) is 10.2 Å². The first-order valence-electron chi connectivity index (χ1n) is 5.87. The Bertz CT molecular complexity index is 705. The lowest BCUT2D eigenvalue weighted by Crippen LogP contribution is -1.82. The highest BCUT2D eigenvalue weighted by molar-refractivity contribution is 5.69. The summed E-state index contributed by atoms with van der Waals surface area (Å²) in [7, 11) is 0. The standard InChI is InChI=1S/C15H12N2O2/c18-11-6-7-14(19)12(8-11)15-16-9-13(17-15)10-4-2-1-3-5-10/h1-9,18-19H,(H,16,17). The predicted octanol–water partition coefficient (Wildman–Crippen LogP) is 3.15. The van der Waals surface area contributed by atoms with Crippen molar-refractivity contribution in [3.8, 4) is 34.1 Å². The number of hydrogen-bond donors (Lipinski definition) is 3. The number of nitrogens with zero attached hydrogens (tertiary/aromatic N) is 1. The molecule has 0 aliphatic rings. The second-order valence-corrected chi connectivity index (χ2v) is 4.20. The molecule has 0 unspecified atom stereocenters. The molecule has 4 heteroatoms. The molecule has 0 fully saturated rings. The van der Waals surface area contributed by atoms with Crippen LogP contribution in [0.1, 0.15) is 0 Å². The molecular weight excluding hydrogens is 240 g/mol. The van der Waals surface area contributed by atoms with Crippen molar-refractivity contribution in [2.75, 3.05) is 0 Å². The van der Waals surface area contributed by atoms with Crippen LogP contribution in [0.4, 0.5) is 0 Å². The van der Waals surface area contributed by atoms with Gasteiger partial charge in [-0.15, -0.1) is 0 Å². The number of aromatic hydroxyl groups is 2. The van der Waals surface area contributed by atoms with Gasteiger partial charge in [0, 0.05) is 11.8 Å². The summed E-state index contributed by atoms with van der Waals surface area (Å²) in [6, 6.07) is 14.1. The van der Waals surface area contributed by atoms with Crippen molar-refractivity contribution in [3.63, 3.8) is 0 Å². The van der Waals surface area contributed by atoms with Gasteiger partial charge in [0.05, 0.1) is 11.3 Å². The van der Waals surface area contributed by atoms with Crippen LogP contribution in [0.15, 0.2) is 54.7 Å². The molecule has 0 radical (unpaired) electrons. The van der Waals surface area contributed by atoms with Crippen LogP contribution in [0.25, 0.3) is 22.6 Å². The summed E-state index contributed by atoms with van der Waals surface area (Å²) in [5.41, 5.74) is 2.25. The number of aromatic nitrogens is 2. The van der Waals surface area contributed by atoms with Gasteiger partial charge in [0.2, 0.25) is 0 Å². The number of hydrogen-bond acceptors (Lipinski definition) is 3. The van der Waals surface area contributed by atoms with E-state index in [-0.39, 0.29) is 11.5 Å². The molecule has 0 spiro atoms. The Hall–Kier alpha value is -2.75. The predicted molar refractivity (Wildman–Crippen MR) is 72.8 cm³/mol. The summed E-state index contributed by atoms with van der Waals surface area (Å²) < 4.78 is 0. The molecule has 0 amide bonds. The minimum absolute atomic E-state index is 0.0757. The second kappa shape index (κ2) is 4.49. The normalized spacial score (nSPS) is 10.5. The van der Waals surface area contributed by atoms with Gasteiger partial charge in [-0.1, -0.05) is 30.3 Å². The van der Waals surface area contributed by atoms with Crippen LogP contribution in [0, 0.1) is 0 Å². The minimum atomic E-state index is 0.0757. The Labute approximate surface area is 110 Å². The highest BCUT2D eigenvalue weighted by atomic mass is 16.3. The molecule has 0 atom stereocenters. The number of rotatable bonds is 2. The quantitative estimate of drug-likeness (QED) is 0.613. The lowest BCUT2D eigenvalue weighted by molar-refractivity contribution is 0.461. The molecule has 0 bridgehead atoms. The maximum absolute atomic E-state index is 9.80. The Morgan fingerprint density at radius 3 is 2.53 bits per heavy atom. The van der Waals surface area contributed by atoms with Crippen molar-refractivity contribution in [1.29, 1.82) is 0 Å². The molecule has 3 rings (SSSR count). The summed E-state index contributed by atoms with van der Waals surface area (Å²) in [5.74, 6) is 0.685. The summed E-state index contributed by atoms with van der Waals surface area (Å²) in [5, 5.41) is 19.3. The van der Waals surface area contributed by atoms with Crippen LogP contribution in [-0.4, -0.2) is 20.2 Å². The van der Waals surface area contributed by atoms with E-state index in [2.05, 4.69) is 9.97 Å². The van der Waals surface area contributed by atoms with Gasteiger partial charge < -0.3 is 15.2 Å². The summed E-state index contributed by atoms with van der Waals surface area (Å²) >= 11 is 0. The zero-order chi connectivity index (χ0) is 13.2. The van der Waals surface area contributed by atoms with Crippen LogP contribution in [0.5, 0.6) is 11.5 Å². The molecule has 0 aliphatic heterocycles. The summed E-state index contributed by atoms with van der Waals surface area (Å²) in [6.07, 6.45) is 1.77. The number of phenolic OH excluding ortho intramolecular Hbond substituents is 2. The number of imidazole rings is 1. The third-order valence-corrected chi connectivity index (χ3v) is 2.88. The van der Waals surface area contributed by atoms with Crippen LogP contribution in [0.2, 0.25) is 0 Å². The highest BCUT2D eigenvalue weighted by Crippen LogP contribution is 2.31. The molecule has 1 aromatic heterocycles. The minimum Gasteiger partial charge on any atom is -0.508 e. The molecule has 3 aromatic rings. The number of aromatic amines is 1. The lowest BCUT2D eigenvalue weighted by Gasteiger charge is -2.01. The molecule has 2 aromatic carbocycles. The van der Waals surface area contributed by atoms with E-state index in [1.54, 1.807) is 6.20 Å². The van der Waals surface area contributed by atoms with E-state index in [1.807, 2.05) is 30.3 Å². The molecule has 3 N–H and O–H groups in total. The first-order chi connectivity index (χ1) is 9.24. The Kier molecular flexibility index (Phi) is 2.68. The van der Waals surface area contributed by atoms with Gasteiger partial charge in [0.1, 0.15) is 17.3 Å². The van der Waals surface area contributed by atoms with Crippen molar-refractivity contribution < 1.29 is 10.2 Å². The van der Waals surface area contributed by atoms with Crippen LogP contribution in [-0.2, 0) is 0 Å². The molecule has 0 saturated heterocycles. The average molecular weight is 252 g/mol. The van der Waals surface area contributed by atoms with Gasteiger partial charge in [-0.2, -0.15) is 0 Å². The molecule has 0 saturated carbocycles. The number of phenols is 2. The number of benzene rings is 2.